The maximum absolute atomic E-state index is 12.1. The number of nitrogens with one attached hydrogen (secondary N) is 3. The van der Waals surface area contributed by atoms with Gasteiger partial charge in [0.2, 0.25) is 5.91 Å². The number of amides is 2. The van der Waals surface area contributed by atoms with E-state index in [0.29, 0.717) is 30.8 Å². The average molecular weight is 341 g/mol. The molecule has 0 bridgehead atoms. The summed E-state index contributed by atoms with van der Waals surface area (Å²) in [4.78, 5) is 33.0. The van der Waals surface area contributed by atoms with Gasteiger partial charge in [-0.25, -0.2) is 4.98 Å². The Hall–Kier alpha value is -2.83. The monoisotopic (exact) mass is 341 g/mol. The maximum atomic E-state index is 12.1. The van der Waals surface area contributed by atoms with Gasteiger partial charge in [0, 0.05) is 37.3 Å². The molecule has 1 aliphatic heterocycles. The lowest BCUT2D eigenvalue weighted by molar-refractivity contribution is -0.126. The van der Waals surface area contributed by atoms with Crippen LogP contribution in [-0.2, 0) is 4.79 Å². The molecule has 1 fully saturated rings. The Labute approximate surface area is 146 Å². The second-order valence-electron chi connectivity index (χ2n) is 6.13. The Morgan fingerprint density at radius 2 is 2.20 bits per heavy atom. The normalized spacial score (nSPS) is 15.2. The molecule has 0 aromatic carbocycles. The first-order valence-corrected chi connectivity index (χ1v) is 8.55. The van der Waals surface area contributed by atoms with Gasteiger partial charge in [0.05, 0.1) is 17.4 Å². The van der Waals surface area contributed by atoms with Crippen molar-refractivity contribution in [1.29, 1.82) is 0 Å². The number of aromatic amines is 1. The molecular weight excluding hydrogens is 318 g/mol. The average Bonchev–Trinajstić information content (AvgIpc) is 3.05. The summed E-state index contributed by atoms with van der Waals surface area (Å²) in [5.74, 6) is -0.121. The number of anilines is 1. The molecule has 132 valence electrons. The Balaban J connectivity index is 1.70. The summed E-state index contributed by atoms with van der Waals surface area (Å²) in [6.45, 7) is 7.43. The first-order valence-electron chi connectivity index (χ1n) is 8.55. The molecule has 7 nitrogen and oxygen atoms in total. The van der Waals surface area contributed by atoms with Crippen molar-refractivity contribution in [3.05, 3.63) is 36.7 Å². The molecule has 3 rings (SSSR count). The molecule has 0 radical (unpaired) electrons. The fourth-order valence-corrected chi connectivity index (χ4v) is 3.13. The van der Waals surface area contributed by atoms with E-state index in [1.807, 2.05) is 17.9 Å². The zero-order valence-electron chi connectivity index (χ0n) is 14.3. The fraction of sp³-hybridized carbons (Fsp3) is 0.389. The van der Waals surface area contributed by atoms with Crippen LogP contribution in [0.3, 0.4) is 0 Å². The summed E-state index contributed by atoms with van der Waals surface area (Å²) >= 11 is 0. The highest BCUT2D eigenvalue weighted by atomic mass is 16.2. The molecule has 2 amide bonds. The third-order valence-corrected chi connectivity index (χ3v) is 4.47. The van der Waals surface area contributed by atoms with Gasteiger partial charge in [-0.05, 0) is 31.9 Å². The van der Waals surface area contributed by atoms with E-state index in [0.717, 1.165) is 23.9 Å². The standard InChI is InChI=1S/C18H23N5O2/c1-3-16(24)23-7-5-12(6-8-23)22-13-9-14-15(18(25)19-4-2)11-21-17(14)20-10-13/h3,9-12,22H,1,4-8H2,2H3,(H,19,25)(H,20,21). The topological polar surface area (TPSA) is 90.1 Å². The van der Waals surface area contributed by atoms with Crippen LogP contribution in [0.5, 0.6) is 0 Å². The van der Waals surface area contributed by atoms with Crippen LogP contribution in [0.1, 0.15) is 30.1 Å². The minimum absolute atomic E-state index is 0.0135. The molecule has 3 N–H and O–H groups in total. The van der Waals surface area contributed by atoms with Gasteiger partial charge in [0.25, 0.3) is 5.91 Å². The minimum Gasteiger partial charge on any atom is -0.381 e. The van der Waals surface area contributed by atoms with Crippen LogP contribution in [-0.4, -0.2) is 52.4 Å². The Morgan fingerprint density at radius 1 is 1.44 bits per heavy atom. The van der Waals surface area contributed by atoms with Crippen molar-refractivity contribution in [1.82, 2.24) is 20.2 Å². The number of H-pyrrole nitrogens is 1. The van der Waals surface area contributed by atoms with Gasteiger partial charge in [-0.15, -0.1) is 0 Å². The number of hydrogen-bond acceptors (Lipinski definition) is 4. The predicted octanol–water partition coefficient (Wildman–Crippen LogP) is 1.90. The number of nitrogens with zero attached hydrogens (tertiary/aromatic N) is 2. The zero-order valence-corrected chi connectivity index (χ0v) is 14.3. The highest BCUT2D eigenvalue weighted by molar-refractivity contribution is 6.06. The Bertz CT molecular complexity index is 790. The van der Waals surface area contributed by atoms with E-state index in [2.05, 4.69) is 27.2 Å². The first kappa shape index (κ1) is 17.0. The van der Waals surface area contributed by atoms with Crippen molar-refractivity contribution in [3.63, 3.8) is 0 Å². The fourth-order valence-electron chi connectivity index (χ4n) is 3.13. The third-order valence-electron chi connectivity index (χ3n) is 4.47. The molecular formula is C18H23N5O2. The summed E-state index contributed by atoms with van der Waals surface area (Å²) in [6, 6.07) is 2.23. The minimum atomic E-state index is -0.107. The van der Waals surface area contributed by atoms with Gasteiger partial charge in [-0.3, -0.25) is 9.59 Å². The van der Waals surface area contributed by atoms with E-state index >= 15 is 0 Å². The van der Waals surface area contributed by atoms with Crippen LogP contribution in [0.25, 0.3) is 11.0 Å². The van der Waals surface area contributed by atoms with Crippen LogP contribution in [0.15, 0.2) is 31.1 Å². The quantitative estimate of drug-likeness (QED) is 0.725. The van der Waals surface area contributed by atoms with E-state index in [1.54, 1.807) is 12.4 Å². The maximum Gasteiger partial charge on any atom is 0.253 e. The second-order valence-corrected chi connectivity index (χ2v) is 6.13. The Morgan fingerprint density at radius 3 is 2.88 bits per heavy atom. The summed E-state index contributed by atoms with van der Waals surface area (Å²) in [5.41, 5.74) is 2.17. The smallest absolute Gasteiger partial charge is 0.253 e. The molecule has 7 heteroatoms. The van der Waals surface area contributed by atoms with Crippen molar-refractivity contribution in [3.8, 4) is 0 Å². The third kappa shape index (κ3) is 3.65. The summed E-state index contributed by atoms with van der Waals surface area (Å²) in [7, 11) is 0. The summed E-state index contributed by atoms with van der Waals surface area (Å²) < 4.78 is 0. The molecule has 2 aromatic heterocycles. The van der Waals surface area contributed by atoms with Gasteiger partial charge < -0.3 is 20.5 Å². The van der Waals surface area contributed by atoms with E-state index in [4.69, 9.17) is 0 Å². The zero-order chi connectivity index (χ0) is 17.8. The molecule has 3 heterocycles. The summed E-state index contributed by atoms with van der Waals surface area (Å²) in [6.07, 6.45) is 6.55. The van der Waals surface area contributed by atoms with Gasteiger partial charge in [-0.1, -0.05) is 6.58 Å². The van der Waals surface area contributed by atoms with Crippen molar-refractivity contribution >= 4 is 28.5 Å². The van der Waals surface area contributed by atoms with Crippen LogP contribution < -0.4 is 10.6 Å². The molecule has 1 saturated heterocycles. The number of aromatic nitrogens is 2. The highest BCUT2D eigenvalue weighted by Crippen LogP contribution is 2.22. The molecule has 0 unspecified atom stereocenters. The SMILES string of the molecule is C=CC(=O)N1CCC(Nc2cnc3[nH]cc(C(=O)NCC)c3c2)CC1. The Kier molecular flexibility index (Phi) is 5.02. The van der Waals surface area contributed by atoms with Crippen LogP contribution in [0.2, 0.25) is 0 Å². The number of rotatable bonds is 5. The van der Waals surface area contributed by atoms with Gasteiger partial charge in [-0.2, -0.15) is 0 Å². The molecule has 0 atom stereocenters. The number of hydrogen-bond donors (Lipinski definition) is 3. The highest BCUT2D eigenvalue weighted by Gasteiger charge is 2.21. The number of piperidine rings is 1. The lowest BCUT2D eigenvalue weighted by Gasteiger charge is -2.32. The van der Waals surface area contributed by atoms with Gasteiger partial charge in [0.15, 0.2) is 0 Å². The predicted molar refractivity (Wildman–Crippen MR) is 97.5 cm³/mol. The van der Waals surface area contributed by atoms with Crippen LogP contribution >= 0.6 is 0 Å². The van der Waals surface area contributed by atoms with E-state index in [-0.39, 0.29) is 17.9 Å². The number of carbonyl (C=O) groups is 2. The lowest BCUT2D eigenvalue weighted by atomic mass is 10.0. The lowest BCUT2D eigenvalue weighted by Crippen LogP contribution is -2.41. The number of carbonyl (C=O) groups excluding carboxylic acids is 2. The molecule has 2 aromatic rings. The van der Waals surface area contributed by atoms with Crippen molar-refractivity contribution < 1.29 is 9.59 Å². The van der Waals surface area contributed by atoms with Crippen molar-refractivity contribution in [2.24, 2.45) is 0 Å². The molecule has 0 saturated carbocycles. The van der Waals surface area contributed by atoms with Crippen LogP contribution in [0, 0.1) is 0 Å². The molecule has 25 heavy (non-hydrogen) atoms. The molecule has 0 spiro atoms. The molecule has 1 aliphatic rings. The number of fused-ring (bicyclic) bond motifs is 1. The van der Waals surface area contributed by atoms with Crippen LogP contribution in [0.4, 0.5) is 5.69 Å². The first-order chi connectivity index (χ1) is 12.1. The second kappa shape index (κ2) is 7.38. The van der Waals surface area contributed by atoms with E-state index < -0.39 is 0 Å². The van der Waals surface area contributed by atoms with Gasteiger partial charge >= 0.3 is 0 Å². The van der Waals surface area contributed by atoms with Gasteiger partial charge in [0.1, 0.15) is 5.65 Å². The largest absolute Gasteiger partial charge is 0.381 e. The number of pyridine rings is 1. The van der Waals surface area contributed by atoms with Crippen molar-refractivity contribution in [2.75, 3.05) is 25.0 Å². The van der Waals surface area contributed by atoms with Crippen molar-refractivity contribution in [2.45, 2.75) is 25.8 Å². The molecule has 0 aliphatic carbocycles. The number of likely N-dealkylation sites (tertiary alicyclic amines) is 1. The summed E-state index contributed by atoms with van der Waals surface area (Å²) in [5, 5.41) is 7.08. The van der Waals surface area contributed by atoms with E-state index in [9.17, 15) is 9.59 Å². The van der Waals surface area contributed by atoms with E-state index in [1.165, 1.54) is 6.08 Å².